The zero-order chi connectivity index (χ0) is 12.7. The minimum Gasteiger partial charge on any atom is -0.478 e. The summed E-state index contributed by atoms with van der Waals surface area (Å²) in [4.78, 5) is 10.8. The molecule has 1 aromatic heterocycles. The number of carboxylic acids is 1. The Morgan fingerprint density at radius 1 is 1.53 bits per heavy atom. The van der Waals surface area contributed by atoms with Gasteiger partial charge in [-0.25, -0.2) is 4.79 Å². The predicted molar refractivity (Wildman–Crippen MR) is 60.0 cm³/mol. The van der Waals surface area contributed by atoms with E-state index in [4.69, 9.17) is 19.4 Å². The Labute approximate surface area is 99.2 Å². The van der Waals surface area contributed by atoms with E-state index in [0.717, 1.165) is 0 Å². The molecule has 0 fully saturated rings. The van der Waals surface area contributed by atoms with Crippen LogP contribution in [0.2, 0.25) is 0 Å². The van der Waals surface area contributed by atoms with Crippen molar-refractivity contribution in [2.45, 2.75) is 13.5 Å². The smallest absolute Gasteiger partial charge is 0.339 e. The first kappa shape index (κ1) is 13.7. The molecule has 0 radical (unpaired) electrons. The number of aliphatic hydroxyl groups is 1. The molecule has 0 saturated carbocycles. The molecule has 0 aromatic carbocycles. The van der Waals surface area contributed by atoms with Crippen LogP contribution in [0.3, 0.4) is 0 Å². The number of carbonyl (C=O) groups is 1. The van der Waals surface area contributed by atoms with Gasteiger partial charge in [0.25, 0.3) is 0 Å². The number of hydrogen-bond donors (Lipinski definition) is 3. The Bertz CT molecular complexity index is 361. The largest absolute Gasteiger partial charge is 0.478 e. The minimum atomic E-state index is -0.983. The topological polar surface area (TPSA) is 91.9 Å². The van der Waals surface area contributed by atoms with Crippen molar-refractivity contribution in [1.82, 2.24) is 5.32 Å². The molecule has 1 heterocycles. The lowest BCUT2D eigenvalue weighted by molar-refractivity contribution is 0.0695. The third-order valence-corrected chi connectivity index (χ3v) is 2.16. The van der Waals surface area contributed by atoms with E-state index in [9.17, 15) is 4.79 Å². The number of nitrogens with one attached hydrogen (secondary N) is 1. The summed E-state index contributed by atoms with van der Waals surface area (Å²) in [7, 11) is 0. The van der Waals surface area contributed by atoms with Crippen molar-refractivity contribution in [3.05, 3.63) is 23.2 Å². The highest BCUT2D eigenvalue weighted by Gasteiger charge is 2.12. The summed E-state index contributed by atoms with van der Waals surface area (Å²) < 4.78 is 10.3. The highest BCUT2D eigenvalue weighted by Crippen LogP contribution is 2.14. The van der Waals surface area contributed by atoms with Crippen LogP contribution in [0.5, 0.6) is 0 Å². The van der Waals surface area contributed by atoms with Gasteiger partial charge in [0.1, 0.15) is 17.1 Å². The molecule has 1 aromatic rings. The van der Waals surface area contributed by atoms with Gasteiger partial charge in [-0.3, -0.25) is 0 Å². The fourth-order valence-corrected chi connectivity index (χ4v) is 1.37. The molecule has 0 amide bonds. The Balaban J connectivity index is 2.27. The second kappa shape index (κ2) is 7.05. The summed E-state index contributed by atoms with van der Waals surface area (Å²) in [6, 6.07) is 1.51. The lowest BCUT2D eigenvalue weighted by atomic mass is 10.2. The van der Waals surface area contributed by atoms with Crippen molar-refractivity contribution in [3.63, 3.8) is 0 Å². The van der Waals surface area contributed by atoms with Gasteiger partial charge < -0.3 is 24.7 Å². The van der Waals surface area contributed by atoms with Crippen molar-refractivity contribution < 1.29 is 24.2 Å². The fourth-order valence-electron chi connectivity index (χ4n) is 1.37. The van der Waals surface area contributed by atoms with Crippen LogP contribution in [-0.4, -0.2) is 42.5 Å². The molecular weight excluding hydrogens is 226 g/mol. The van der Waals surface area contributed by atoms with E-state index in [-0.39, 0.29) is 12.2 Å². The zero-order valence-corrected chi connectivity index (χ0v) is 9.73. The Kier molecular flexibility index (Phi) is 5.68. The van der Waals surface area contributed by atoms with E-state index in [1.807, 2.05) is 0 Å². The van der Waals surface area contributed by atoms with E-state index < -0.39 is 5.97 Å². The number of hydrogen-bond acceptors (Lipinski definition) is 5. The van der Waals surface area contributed by atoms with Crippen LogP contribution < -0.4 is 5.32 Å². The molecule has 0 spiro atoms. The van der Waals surface area contributed by atoms with Gasteiger partial charge in [0.15, 0.2) is 0 Å². The Morgan fingerprint density at radius 3 is 2.88 bits per heavy atom. The molecule has 0 atom stereocenters. The average molecular weight is 243 g/mol. The standard InChI is InChI=1S/C11H17NO5/c1-8-10(11(14)15)6-9(17-8)7-12-2-4-16-5-3-13/h6,12-13H,2-5,7H2,1H3,(H,14,15). The van der Waals surface area contributed by atoms with E-state index in [1.165, 1.54) is 6.07 Å². The van der Waals surface area contributed by atoms with Gasteiger partial charge in [0, 0.05) is 6.54 Å². The van der Waals surface area contributed by atoms with Gasteiger partial charge in [0.2, 0.25) is 0 Å². The van der Waals surface area contributed by atoms with Gasteiger partial charge in [-0.05, 0) is 13.0 Å². The molecule has 0 saturated heterocycles. The van der Waals surface area contributed by atoms with Crippen molar-refractivity contribution in [2.75, 3.05) is 26.4 Å². The molecule has 17 heavy (non-hydrogen) atoms. The first-order valence-corrected chi connectivity index (χ1v) is 5.37. The molecule has 0 aliphatic heterocycles. The second-order valence-corrected chi connectivity index (χ2v) is 3.50. The Hall–Kier alpha value is -1.37. The summed E-state index contributed by atoms with van der Waals surface area (Å²) in [5, 5.41) is 20.3. The monoisotopic (exact) mass is 243 g/mol. The minimum absolute atomic E-state index is 0.0132. The molecule has 0 aliphatic carbocycles. The quantitative estimate of drug-likeness (QED) is 0.572. The molecule has 0 unspecified atom stereocenters. The molecular formula is C11H17NO5. The molecule has 6 nitrogen and oxygen atoms in total. The zero-order valence-electron chi connectivity index (χ0n) is 9.73. The average Bonchev–Trinajstić information content (AvgIpc) is 2.65. The molecule has 3 N–H and O–H groups in total. The van der Waals surface area contributed by atoms with Gasteiger partial charge in [-0.15, -0.1) is 0 Å². The number of aliphatic hydroxyl groups excluding tert-OH is 1. The van der Waals surface area contributed by atoms with Crippen molar-refractivity contribution in [1.29, 1.82) is 0 Å². The lowest BCUT2D eigenvalue weighted by Gasteiger charge is -2.03. The van der Waals surface area contributed by atoms with E-state index in [0.29, 0.717) is 37.8 Å². The summed E-state index contributed by atoms with van der Waals surface area (Å²) in [5.41, 5.74) is 0.193. The lowest BCUT2D eigenvalue weighted by Crippen LogP contribution is -2.19. The van der Waals surface area contributed by atoms with Crippen LogP contribution in [0.1, 0.15) is 21.9 Å². The molecule has 0 bridgehead atoms. The van der Waals surface area contributed by atoms with Gasteiger partial charge >= 0.3 is 5.97 Å². The van der Waals surface area contributed by atoms with Crippen LogP contribution >= 0.6 is 0 Å². The van der Waals surface area contributed by atoms with Crippen LogP contribution in [0, 0.1) is 6.92 Å². The second-order valence-electron chi connectivity index (χ2n) is 3.50. The maximum atomic E-state index is 10.8. The number of furan rings is 1. The summed E-state index contributed by atoms with van der Waals surface area (Å²) >= 11 is 0. The van der Waals surface area contributed by atoms with E-state index in [1.54, 1.807) is 6.92 Å². The van der Waals surface area contributed by atoms with Crippen molar-refractivity contribution in [2.24, 2.45) is 0 Å². The van der Waals surface area contributed by atoms with E-state index >= 15 is 0 Å². The van der Waals surface area contributed by atoms with Crippen LogP contribution in [-0.2, 0) is 11.3 Å². The number of aromatic carboxylic acids is 1. The highest BCUT2D eigenvalue weighted by molar-refractivity contribution is 5.88. The number of rotatable bonds is 8. The fraction of sp³-hybridized carbons (Fsp3) is 0.545. The summed E-state index contributed by atoms with van der Waals surface area (Å²) in [6.45, 7) is 3.52. The van der Waals surface area contributed by atoms with Crippen LogP contribution in [0.25, 0.3) is 0 Å². The van der Waals surface area contributed by atoms with Crippen LogP contribution in [0.15, 0.2) is 10.5 Å². The maximum Gasteiger partial charge on any atom is 0.339 e. The molecule has 6 heteroatoms. The first-order valence-electron chi connectivity index (χ1n) is 5.37. The van der Waals surface area contributed by atoms with Crippen molar-refractivity contribution in [3.8, 4) is 0 Å². The molecule has 96 valence electrons. The third-order valence-electron chi connectivity index (χ3n) is 2.16. The van der Waals surface area contributed by atoms with E-state index in [2.05, 4.69) is 5.32 Å². The predicted octanol–water partition coefficient (Wildman–Crippen LogP) is 0.385. The normalized spacial score (nSPS) is 10.7. The number of carboxylic acid groups (broad SMARTS) is 1. The number of ether oxygens (including phenoxy) is 1. The number of aryl methyl sites for hydroxylation is 1. The van der Waals surface area contributed by atoms with Crippen molar-refractivity contribution >= 4 is 5.97 Å². The highest BCUT2D eigenvalue weighted by atomic mass is 16.5. The molecule has 1 rings (SSSR count). The Morgan fingerprint density at radius 2 is 2.29 bits per heavy atom. The van der Waals surface area contributed by atoms with Gasteiger partial charge in [0.05, 0.1) is 26.4 Å². The van der Waals surface area contributed by atoms with Gasteiger partial charge in [-0.1, -0.05) is 0 Å². The third kappa shape index (κ3) is 4.56. The summed E-state index contributed by atoms with van der Waals surface area (Å²) in [5.74, 6) is 0.0108. The SMILES string of the molecule is Cc1oc(CNCCOCCO)cc1C(=O)O. The van der Waals surface area contributed by atoms with Gasteiger partial charge in [-0.2, -0.15) is 0 Å². The maximum absolute atomic E-state index is 10.8. The first-order chi connectivity index (χ1) is 8.15. The molecule has 0 aliphatic rings. The summed E-state index contributed by atoms with van der Waals surface area (Å²) in [6.07, 6.45) is 0. The van der Waals surface area contributed by atoms with Crippen LogP contribution in [0.4, 0.5) is 0 Å².